The first-order valence-electron chi connectivity index (χ1n) is 11.1. The molecule has 2 aliphatic carbocycles. The first-order chi connectivity index (χ1) is 15.8. The van der Waals surface area contributed by atoms with Gasteiger partial charge in [-0.05, 0) is 36.5 Å². The Morgan fingerprint density at radius 3 is 2.82 bits per heavy atom. The van der Waals surface area contributed by atoms with Gasteiger partial charge < -0.3 is 20.5 Å². The molecule has 1 heterocycles. The Morgan fingerprint density at radius 1 is 1.33 bits per heavy atom. The summed E-state index contributed by atoms with van der Waals surface area (Å²) in [5.74, 6) is -1.48. The molecule has 8 nitrogen and oxygen atoms in total. The minimum Gasteiger partial charge on any atom is -0.481 e. The molecule has 0 radical (unpaired) electrons. The number of rotatable bonds is 7. The topological polar surface area (TPSA) is 129 Å². The number of benzene rings is 1. The third-order valence-corrected chi connectivity index (χ3v) is 7.25. The molecule has 0 aromatic heterocycles. The van der Waals surface area contributed by atoms with Gasteiger partial charge in [-0.15, -0.1) is 0 Å². The molecule has 1 saturated carbocycles. The fourth-order valence-electron chi connectivity index (χ4n) is 5.39. The number of nitriles is 1. The Bertz CT molecular complexity index is 1100. The van der Waals surface area contributed by atoms with E-state index in [1.807, 2.05) is 19.1 Å². The van der Waals surface area contributed by atoms with Gasteiger partial charge in [0.2, 0.25) is 5.91 Å². The van der Waals surface area contributed by atoms with Crippen molar-refractivity contribution in [2.75, 3.05) is 19.0 Å². The van der Waals surface area contributed by atoms with E-state index in [0.717, 1.165) is 5.56 Å². The first-order valence-corrected chi connectivity index (χ1v) is 11.1. The van der Waals surface area contributed by atoms with Crippen molar-refractivity contribution in [3.8, 4) is 6.07 Å². The molecule has 4 rings (SSSR count). The lowest BCUT2D eigenvalue weighted by Crippen LogP contribution is -2.29. The fourth-order valence-corrected chi connectivity index (χ4v) is 5.39. The van der Waals surface area contributed by atoms with Gasteiger partial charge in [0.15, 0.2) is 0 Å². The number of carbonyl (C=O) groups excluding carboxylic acids is 2. The van der Waals surface area contributed by atoms with Gasteiger partial charge in [0, 0.05) is 36.1 Å². The van der Waals surface area contributed by atoms with Crippen LogP contribution in [0, 0.1) is 34.5 Å². The van der Waals surface area contributed by atoms with E-state index in [1.165, 1.54) is 0 Å². The third-order valence-electron chi connectivity index (χ3n) is 7.25. The van der Waals surface area contributed by atoms with E-state index in [1.54, 1.807) is 31.3 Å². The molecule has 1 aliphatic heterocycles. The lowest BCUT2D eigenvalue weighted by Gasteiger charge is -2.22. The molecular weight excluding hydrogens is 422 g/mol. The fraction of sp³-hybridized carbons (Fsp3) is 0.440. The number of nitrogens with zero attached hydrogens (tertiary/aromatic N) is 1. The zero-order valence-corrected chi connectivity index (χ0v) is 18.6. The van der Waals surface area contributed by atoms with E-state index in [2.05, 4.69) is 16.7 Å². The van der Waals surface area contributed by atoms with Crippen LogP contribution in [0.2, 0.25) is 0 Å². The third kappa shape index (κ3) is 4.05. The van der Waals surface area contributed by atoms with Crippen LogP contribution in [0.15, 0.2) is 42.0 Å². The Kier molecular flexibility index (Phi) is 6.09. The van der Waals surface area contributed by atoms with E-state index in [-0.39, 0.29) is 47.5 Å². The van der Waals surface area contributed by atoms with Crippen LogP contribution >= 0.6 is 0 Å². The first kappa shape index (κ1) is 22.7. The second-order valence-electron chi connectivity index (χ2n) is 8.96. The Labute approximate surface area is 192 Å². The highest BCUT2D eigenvalue weighted by atomic mass is 16.5. The number of anilines is 1. The van der Waals surface area contributed by atoms with E-state index in [0.29, 0.717) is 36.3 Å². The normalized spacial score (nSPS) is 29.1. The predicted octanol–water partition coefficient (Wildman–Crippen LogP) is 2.41. The van der Waals surface area contributed by atoms with Gasteiger partial charge in [0.1, 0.15) is 0 Å². The number of hydrogen-bond donors (Lipinski definition) is 3. The molecular formula is C25H27N3O5. The van der Waals surface area contributed by atoms with Crippen LogP contribution in [0.1, 0.15) is 30.9 Å². The molecule has 2 fully saturated rings. The van der Waals surface area contributed by atoms with E-state index >= 15 is 0 Å². The van der Waals surface area contributed by atoms with Crippen LogP contribution in [0.5, 0.6) is 0 Å². The van der Waals surface area contributed by atoms with Gasteiger partial charge in [-0.25, -0.2) is 0 Å². The number of carboxylic acids is 1. The molecule has 1 saturated heterocycles. The largest absolute Gasteiger partial charge is 0.481 e. The number of carbonyl (C=O) groups is 3. The van der Waals surface area contributed by atoms with Gasteiger partial charge >= 0.3 is 5.97 Å². The molecule has 1 aromatic carbocycles. The standard InChI is InChI=1S/C25H27N3O5/c1-14-22(25(14)13-33-20-9-8-17(11-18(20)25)23(31)27-2)24(32)28-19-10-15(12-26)6-7-16(19)4-3-5-21(29)30/h6-11,14,18,20,22H,3-5,13H2,1-2H3,(H,27,31)(H,28,32)(H,29,30)/t14-,18?,20?,22-,25-/m0/s1. The minimum atomic E-state index is -0.871. The lowest BCUT2D eigenvalue weighted by molar-refractivity contribution is -0.137. The Balaban J connectivity index is 1.54. The van der Waals surface area contributed by atoms with Crippen molar-refractivity contribution in [3.63, 3.8) is 0 Å². The SMILES string of the molecule is CNC(=O)C1=CC2C(C=C1)OC[C@@]21[C@H](C(=O)Nc2cc(C#N)ccc2CCCC(=O)O)[C@@H]1C. The summed E-state index contributed by atoms with van der Waals surface area (Å²) in [5.41, 5.74) is 1.96. The molecule has 33 heavy (non-hydrogen) atoms. The number of aryl methyl sites for hydroxylation is 1. The van der Waals surface area contributed by atoms with Crippen LogP contribution in [0.4, 0.5) is 5.69 Å². The minimum absolute atomic E-state index is 0.0318. The summed E-state index contributed by atoms with van der Waals surface area (Å²) in [5, 5.41) is 23.8. The van der Waals surface area contributed by atoms with Crippen molar-refractivity contribution < 1.29 is 24.2 Å². The van der Waals surface area contributed by atoms with Crippen LogP contribution in [-0.2, 0) is 25.5 Å². The molecule has 8 heteroatoms. The van der Waals surface area contributed by atoms with Crippen molar-refractivity contribution >= 4 is 23.5 Å². The van der Waals surface area contributed by atoms with Crippen molar-refractivity contribution in [2.24, 2.45) is 23.2 Å². The summed E-state index contributed by atoms with van der Waals surface area (Å²) in [4.78, 5) is 36.4. The number of ether oxygens (including phenoxy) is 1. The predicted molar refractivity (Wildman–Crippen MR) is 120 cm³/mol. The van der Waals surface area contributed by atoms with Crippen molar-refractivity contribution in [1.82, 2.24) is 5.32 Å². The van der Waals surface area contributed by atoms with Gasteiger partial charge in [-0.1, -0.05) is 31.2 Å². The maximum absolute atomic E-state index is 13.4. The number of aliphatic carboxylic acids is 1. The summed E-state index contributed by atoms with van der Waals surface area (Å²) < 4.78 is 5.99. The molecule has 172 valence electrons. The van der Waals surface area contributed by atoms with Gasteiger partial charge in [-0.2, -0.15) is 5.26 Å². The number of amides is 2. The number of carboxylic acid groups (broad SMARTS) is 1. The highest BCUT2D eigenvalue weighted by Gasteiger charge is 2.72. The lowest BCUT2D eigenvalue weighted by atomic mass is 9.80. The van der Waals surface area contributed by atoms with Crippen LogP contribution in [-0.4, -0.2) is 42.6 Å². The molecule has 3 aliphatic rings. The Hall–Kier alpha value is -3.44. The average Bonchev–Trinajstić information content (AvgIpc) is 3.22. The number of fused-ring (bicyclic) bond motifs is 2. The summed E-state index contributed by atoms with van der Waals surface area (Å²) >= 11 is 0. The van der Waals surface area contributed by atoms with Crippen molar-refractivity contribution in [1.29, 1.82) is 5.26 Å². The molecule has 3 N–H and O–H groups in total. The van der Waals surface area contributed by atoms with E-state index < -0.39 is 5.97 Å². The van der Waals surface area contributed by atoms with E-state index in [9.17, 15) is 19.6 Å². The molecule has 2 unspecified atom stereocenters. The molecule has 2 amide bonds. The second-order valence-corrected chi connectivity index (χ2v) is 8.96. The zero-order chi connectivity index (χ0) is 23.8. The molecule has 5 atom stereocenters. The van der Waals surface area contributed by atoms with Gasteiger partial charge in [-0.3, -0.25) is 14.4 Å². The summed E-state index contributed by atoms with van der Waals surface area (Å²) in [6.45, 7) is 2.47. The zero-order valence-electron chi connectivity index (χ0n) is 18.6. The number of hydrogen-bond acceptors (Lipinski definition) is 5. The molecule has 0 bridgehead atoms. The van der Waals surface area contributed by atoms with Crippen LogP contribution in [0.3, 0.4) is 0 Å². The number of nitrogens with one attached hydrogen (secondary N) is 2. The Morgan fingerprint density at radius 2 is 2.12 bits per heavy atom. The monoisotopic (exact) mass is 449 g/mol. The van der Waals surface area contributed by atoms with Crippen LogP contribution in [0.25, 0.3) is 0 Å². The smallest absolute Gasteiger partial charge is 0.303 e. The van der Waals surface area contributed by atoms with E-state index in [4.69, 9.17) is 9.84 Å². The highest BCUT2D eigenvalue weighted by molar-refractivity contribution is 5.98. The summed E-state index contributed by atoms with van der Waals surface area (Å²) in [6.07, 6.45) is 6.37. The summed E-state index contributed by atoms with van der Waals surface area (Å²) in [6, 6.07) is 7.15. The van der Waals surface area contributed by atoms with Crippen molar-refractivity contribution in [2.45, 2.75) is 32.3 Å². The molecule has 1 aromatic rings. The quantitative estimate of drug-likeness (QED) is 0.586. The van der Waals surface area contributed by atoms with Crippen molar-refractivity contribution in [3.05, 3.63) is 53.1 Å². The van der Waals surface area contributed by atoms with Crippen LogP contribution < -0.4 is 10.6 Å². The van der Waals surface area contributed by atoms with Gasteiger partial charge in [0.25, 0.3) is 5.91 Å². The maximum Gasteiger partial charge on any atom is 0.303 e. The van der Waals surface area contributed by atoms with Gasteiger partial charge in [0.05, 0.1) is 30.3 Å². The average molecular weight is 450 g/mol. The molecule has 1 spiro atoms. The number of likely N-dealkylation sites (N-methyl/N-ethyl adjacent to an activating group) is 1. The highest BCUT2D eigenvalue weighted by Crippen LogP contribution is 2.68. The second kappa shape index (κ2) is 8.83. The maximum atomic E-state index is 13.4. The summed E-state index contributed by atoms with van der Waals surface area (Å²) in [7, 11) is 1.59.